The molecule has 0 atom stereocenters. The number of benzene rings is 1. The topological polar surface area (TPSA) is 3.24 Å². The van der Waals surface area contributed by atoms with E-state index in [2.05, 4.69) is 4.90 Å². The number of rotatable bonds is 1. The molecule has 1 saturated heterocycles. The van der Waals surface area contributed by atoms with Crippen molar-refractivity contribution in [1.82, 2.24) is 0 Å². The number of nitrogens with zero attached hydrogens (tertiary/aromatic N) is 1. The van der Waals surface area contributed by atoms with E-state index in [0.717, 1.165) is 30.3 Å². The SMILES string of the molecule is Fc1ccccc1N1CCSCC1. The van der Waals surface area contributed by atoms with Gasteiger partial charge in [0.25, 0.3) is 0 Å². The van der Waals surface area contributed by atoms with E-state index in [1.165, 1.54) is 6.07 Å². The lowest BCUT2D eigenvalue weighted by Gasteiger charge is -2.28. The molecule has 2 rings (SSSR count). The Morgan fingerprint density at radius 3 is 2.54 bits per heavy atom. The van der Waals surface area contributed by atoms with Gasteiger partial charge in [0.1, 0.15) is 5.82 Å². The summed E-state index contributed by atoms with van der Waals surface area (Å²) in [5.41, 5.74) is 0.753. The van der Waals surface area contributed by atoms with Gasteiger partial charge in [-0.25, -0.2) is 4.39 Å². The highest BCUT2D eigenvalue weighted by molar-refractivity contribution is 7.99. The first kappa shape index (κ1) is 8.88. The predicted octanol–water partition coefficient (Wildman–Crippen LogP) is 2.38. The van der Waals surface area contributed by atoms with E-state index in [1.807, 2.05) is 23.9 Å². The first-order valence-electron chi connectivity index (χ1n) is 4.45. The van der Waals surface area contributed by atoms with Crippen LogP contribution in [-0.4, -0.2) is 24.6 Å². The maximum absolute atomic E-state index is 13.3. The number of hydrogen-bond acceptors (Lipinski definition) is 2. The van der Waals surface area contributed by atoms with Crippen LogP contribution < -0.4 is 4.90 Å². The Balaban J connectivity index is 2.18. The Labute approximate surface area is 81.9 Å². The average molecular weight is 197 g/mol. The van der Waals surface area contributed by atoms with Crippen molar-refractivity contribution in [2.45, 2.75) is 0 Å². The standard InChI is InChI=1S/C10H12FNS/c11-9-3-1-2-4-10(9)12-5-7-13-8-6-12/h1-4H,5-8H2. The van der Waals surface area contributed by atoms with Crippen LogP contribution in [0.3, 0.4) is 0 Å². The zero-order valence-corrected chi connectivity index (χ0v) is 8.19. The third kappa shape index (κ3) is 1.97. The van der Waals surface area contributed by atoms with Crippen LogP contribution in [0.2, 0.25) is 0 Å². The fourth-order valence-corrected chi connectivity index (χ4v) is 2.42. The molecule has 1 heterocycles. The largest absolute Gasteiger partial charge is 0.368 e. The van der Waals surface area contributed by atoms with Crippen molar-refractivity contribution in [3.63, 3.8) is 0 Å². The highest BCUT2D eigenvalue weighted by Gasteiger charge is 2.13. The lowest BCUT2D eigenvalue weighted by Crippen LogP contribution is -2.32. The molecule has 0 aliphatic carbocycles. The maximum atomic E-state index is 13.3. The molecule has 3 heteroatoms. The molecule has 0 N–H and O–H groups in total. The number of anilines is 1. The molecule has 0 radical (unpaired) electrons. The quantitative estimate of drug-likeness (QED) is 0.680. The minimum Gasteiger partial charge on any atom is -0.368 e. The van der Waals surface area contributed by atoms with Crippen molar-refractivity contribution >= 4 is 17.4 Å². The molecule has 0 spiro atoms. The van der Waals surface area contributed by atoms with Gasteiger partial charge < -0.3 is 4.90 Å². The smallest absolute Gasteiger partial charge is 0.146 e. The van der Waals surface area contributed by atoms with Crippen molar-refractivity contribution in [3.05, 3.63) is 30.1 Å². The third-order valence-corrected chi connectivity index (χ3v) is 3.15. The van der Waals surface area contributed by atoms with Crippen LogP contribution >= 0.6 is 11.8 Å². The van der Waals surface area contributed by atoms with Gasteiger partial charge in [0.2, 0.25) is 0 Å². The molecular weight excluding hydrogens is 185 g/mol. The van der Waals surface area contributed by atoms with E-state index < -0.39 is 0 Å². The summed E-state index contributed by atoms with van der Waals surface area (Å²) in [6.45, 7) is 1.93. The van der Waals surface area contributed by atoms with Gasteiger partial charge in [0, 0.05) is 24.6 Å². The summed E-state index contributed by atoms with van der Waals surface area (Å²) in [4.78, 5) is 2.12. The van der Waals surface area contributed by atoms with Crippen molar-refractivity contribution in [2.24, 2.45) is 0 Å². The molecule has 0 aromatic heterocycles. The van der Waals surface area contributed by atoms with Crippen LogP contribution in [0.5, 0.6) is 0 Å². The second-order valence-corrected chi connectivity index (χ2v) is 4.28. The first-order valence-corrected chi connectivity index (χ1v) is 5.60. The molecule has 1 aliphatic rings. The number of halogens is 1. The summed E-state index contributed by atoms with van der Waals surface area (Å²) in [5, 5.41) is 0. The minimum atomic E-state index is -0.102. The molecule has 1 nitrogen and oxygen atoms in total. The van der Waals surface area contributed by atoms with E-state index in [-0.39, 0.29) is 5.82 Å². The molecule has 1 aromatic rings. The molecule has 0 unspecified atom stereocenters. The summed E-state index contributed by atoms with van der Waals surface area (Å²) in [7, 11) is 0. The fraction of sp³-hybridized carbons (Fsp3) is 0.400. The third-order valence-electron chi connectivity index (χ3n) is 2.20. The molecular formula is C10H12FNS. The Kier molecular flexibility index (Phi) is 2.74. The summed E-state index contributed by atoms with van der Waals surface area (Å²) in [6, 6.07) is 7.00. The predicted molar refractivity (Wildman–Crippen MR) is 55.9 cm³/mol. The first-order chi connectivity index (χ1) is 6.38. The lowest BCUT2D eigenvalue weighted by atomic mass is 10.2. The number of hydrogen-bond donors (Lipinski definition) is 0. The second kappa shape index (κ2) is 4.01. The molecule has 0 amide bonds. The molecule has 1 fully saturated rings. The molecule has 1 aliphatic heterocycles. The molecule has 13 heavy (non-hydrogen) atoms. The van der Waals surface area contributed by atoms with E-state index in [1.54, 1.807) is 6.07 Å². The van der Waals surface area contributed by atoms with Crippen molar-refractivity contribution in [3.8, 4) is 0 Å². The van der Waals surface area contributed by atoms with E-state index >= 15 is 0 Å². The fourth-order valence-electron chi connectivity index (χ4n) is 1.51. The van der Waals surface area contributed by atoms with Gasteiger partial charge in [0.15, 0.2) is 0 Å². The summed E-state index contributed by atoms with van der Waals surface area (Å²) < 4.78 is 13.3. The van der Waals surface area contributed by atoms with Crippen molar-refractivity contribution in [2.75, 3.05) is 29.5 Å². The Morgan fingerprint density at radius 2 is 1.85 bits per heavy atom. The molecule has 70 valence electrons. The van der Waals surface area contributed by atoms with Gasteiger partial charge in [0.05, 0.1) is 5.69 Å². The van der Waals surface area contributed by atoms with Crippen LogP contribution in [0.15, 0.2) is 24.3 Å². The lowest BCUT2D eigenvalue weighted by molar-refractivity contribution is 0.620. The highest BCUT2D eigenvalue weighted by Crippen LogP contribution is 2.21. The van der Waals surface area contributed by atoms with Gasteiger partial charge in [-0.3, -0.25) is 0 Å². The van der Waals surface area contributed by atoms with Gasteiger partial charge in [-0.2, -0.15) is 11.8 Å². The van der Waals surface area contributed by atoms with Crippen LogP contribution in [0.4, 0.5) is 10.1 Å². The van der Waals surface area contributed by atoms with Gasteiger partial charge in [-0.05, 0) is 12.1 Å². The second-order valence-electron chi connectivity index (χ2n) is 3.05. The summed E-state index contributed by atoms with van der Waals surface area (Å²) in [5.74, 6) is 2.11. The van der Waals surface area contributed by atoms with Crippen molar-refractivity contribution < 1.29 is 4.39 Å². The van der Waals surface area contributed by atoms with Gasteiger partial charge >= 0.3 is 0 Å². The summed E-state index contributed by atoms with van der Waals surface area (Å²) in [6.07, 6.45) is 0. The monoisotopic (exact) mass is 197 g/mol. The van der Waals surface area contributed by atoms with Gasteiger partial charge in [-0.15, -0.1) is 0 Å². The van der Waals surface area contributed by atoms with E-state index in [9.17, 15) is 4.39 Å². The summed E-state index contributed by atoms with van der Waals surface area (Å²) >= 11 is 1.94. The van der Waals surface area contributed by atoms with Crippen molar-refractivity contribution in [1.29, 1.82) is 0 Å². The molecule has 0 saturated carbocycles. The number of para-hydroxylation sites is 1. The number of thioether (sulfide) groups is 1. The van der Waals surface area contributed by atoms with E-state index in [0.29, 0.717) is 0 Å². The van der Waals surface area contributed by atoms with Crippen LogP contribution in [0.25, 0.3) is 0 Å². The van der Waals surface area contributed by atoms with E-state index in [4.69, 9.17) is 0 Å². The van der Waals surface area contributed by atoms with Gasteiger partial charge in [-0.1, -0.05) is 12.1 Å². The minimum absolute atomic E-state index is 0.102. The zero-order valence-electron chi connectivity index (χ0n) is 7.37. The Bertz CT molecular complexity index is 284. The normalized spacial score (nSPS) is 17.5. The van der Waals surface area contributed by atoms with Crippen LogP contribution in [0.1, 0.15) is 0 Å². The maximum Gasteiger partial charge on any atom is 0.146 e. The Hall–Kier alpha value is -0.700. The zero-order chi connectivity index (χ0) is 9.10. The average Bonchev–Trinajstić information content (AvgIpc) is 2.20. The Morgan fingerprint density at radius 1 is 1.15 bits per heavy atom. The molecule has 1 aromatic carbocycles. The highest BCUT2D eigenvalue weighted by atomic mass is 32.2. The van der Waals surface area contributed by atoms with Crippen LogP contribution in [-0.2, 0) is 0 Å². The molecule has 0 bridgehead atoms. The van der Waals surface area contributed by atoms with Crippen LogP contribution in [0, 0.1) is 5.82 Å².